The van der Waals surface area contributed by atoms with Gasteiger partial charge in [0, 0.05) is 10.0 Å². The van der Waals surface area contributed by atoms with Crippen molar-refractivity contribution in [1.82, 2.24) is 0 Å². The Morgan fingerprint density at radius 1 is 1.29 bits per heavy atom. The first-order valence-electron chi connectivity index (χ1n) is 5.83. The fourth-order valence-electron chi connectivity index (χ4n) is 1.48. The van der Waals surface area contributed by atoms with Crippen LogP contribution in [0.2, 0.25) is 5.02 Å². The lowest BCUT2D eigenvalue weighted by molar-refractivity contribution is -0.275. The minimum Gasteiger partial charge on any atom is -0.460 e. The Balaban J connectivity index is 3.09. The molecule has 0 aliphatic heterocycles. The molecule has 0 heterocycles. The van der Waals surface area contributed by atoms with Gasteiger partial charge in [-0.2, -0.15) is 0 Å². The van der Waals surface area contributed by atoms with Crippen molar-refractivity contribution in [2.45, 2.75) is 39.2 Å². The van der Waals surface area contributed by atoms with Crippen LogP contribution < -0.4 is 4.74 Å². The summed E-state index contributed by atoms with van der Waals surface area (Å²) in [7, 11) is 0. The van der Waals surface area contributed by atoms with Gasteiger partial charge in [0.1, 0.15) is 11.4 Å². The minimum atomic E-state index is -4.88. The summed E-state index contributed by atoms with van der Waals surface area (Å²) in [6, 6.07) is 2.39. The normalized spacial score (nSPS) is 12.2. The molecule has 0 atom stereocenters. The van der Waals surface area contributed by atoms with Gasteiger partial charge in [0.25, 0.3) is 0 Å². The van der Waals surface area contributed by atoms with Crippen molar-refractivity contribution in [1.29, 1.82) is 0 Å². The van der Waals surface area contributed by atoms with Crippen LogP contribution >= 0.6 is 27.5 Å². The highest BCUT2D eigenvalue weighted by Crippen LogP contribution is 2.36. The molecular formula is C13H13BrClF3O3. The lowest BCUT2D eigenvalue weighted by Crippen LogP contribution is -2.25. The van der Waals surface area contributed by atoms with E-state index >= 15 is 0 Å². The van der Waals surface area contributed by atoms with E-state index in [0.717, 1.165) is 6.07 Å². The molecule has 0 unspecified atom stereocenters. The summed E-state index contributed by atoms with van der Waals surface area (Å²) in [6.07, 6.45) is -5.30. The van der Waals surface area contributed by atoms with Gasteiger partial charge in [0.15, 0.2) is 0 Å². The van der Waals surface area contributed by atoms with Crippen LogP contribution in [0.15, 0.2) is 16.6 Å². The molecule has 0 saturated carbocycles. The predicted octanol–water partition coefficient (Wildman–Crippen LogP) is 4.89. The number of carbonyl (C=O) groups excluding carboxylic acids is 1. The maximum absolute atomic E-state index is 12.4. The molecule has 0 spiro atoms. The highest BCUT2D eigenvalue weighted by atomic mass is 79.9. The summed E-state index contributed by atoms with van der Waals surface area (Å²) in [5, 5.41) is -0.0254. The quantitative estimate of drug-likeness (QED) is 0.691. The molecule has 0 aliphatic rings. The highest BCUT2D eigenvalue weighted by Gasteiger charge is 2.33. The van der Waals surface area contributed by atoms with Gasteiger partial charge in [-0.15, -0.1) is 13.2 Å². The van der Waals surface area contributed by atoms with Crippen LogP contribution in [0.4, 0.5) is 13.2 Å². The van der Waals surface area contributed by atoms with Crippen molar-refractivity contribution in [3.8, 4) is 5.75 Å². The molecule has 1 aromatic carbocycles. The van der Waals surface area contributed by atoms with Crippen LogP contribution in [0.25, 0.3) is 0 Å². The van der Waals surface area contributed by atoms with Crippen LogP contribution in [0, 0.1) is 0 Å². The Hall–Kier alpha value is -0.950. The molecule has 21 heavy (non-hydrogen) atoms. The molecule has 118 valence electrons. The number of hydrogen-bond donors (Lipinski definition) is 0. The summed E-state index contributed by atoms with van der Waals surface area (Å²) in [4.78, 5) is 11.8. The number of carbonyl (C=O) groups is 1. The molecule has 0 amide bonds. The van der Waals surface area contributed by atoms with Crippen LogP contribution in [-0.4, -0.2) is 17.9 Å². The lowest BCUT2D eigenvalue weighted by atomic mass is 10.1. The average molecular weight is 390 g/mol. The molecular weight excluding hydrogens is 376 g/mol. The van der Waals surface area contributed by atoms with E-state index in [9.17, 15) is 18.0 Å². The van der Waals surface area contributed by atoms with E-state index in [-0.39, 0.29) is 10.6 Å². The van der Waals surface area contributed by atoms with Crippen LogP contribution in [0.5, 0.6) is 5.75 Å². The molecule has 3 nitrogen and oxygen atoms in total. The molecule has 0 N–H and O–H groups in total. The third kappa shape index (κ3) is 6.13. The van der Waals surface area contributed by atoms with Gasteiger partial charge >= 0.3 is 12.3 Å². The largest absolute Gasteiger partial charge is 0.573 e. The lowest BCUT2D eigenvalue weighted by Gasteiger charge is -2.20. The van der Waals surface area contributed by atoms with Crippen molar-refractivity contribution >= 4 is 33.5 Å². The molecule has 1 rings (SSSR count). The van der Waals surface area contributed by atoms with Gasteiger partial charge in [-0.05, 0) is 48.8 Å². The topological polar surface area (TPSA) is 35.5 Å². The summed E-state index contributed by atoms with van der Waals surface area (Å²) in [6.45, 7) is 4.96. The van der Waals surface area contributed by atoms with E-state index in [1.807, 2.05) is 0 Å². The molecule has 1 aromatic rings. The number of rotatable bonds is 3. The summed E-state index contributed by atoms with van der Waals surface area (Å²) in [5.74, 6) is -1.23. The first-order valence-corrected chi connectivity index (χ1v) is 7.00. The second kappa shape index (κ2) is 6.44. The van der Waals surface area contributed by atoms with Crippen molar-refractivity contribution in [2.75, 3.05) is 0 Å². The summed E-state index contributed by atoms with van der Waals surface area (Å²) < 4.78 is 46.4. The SMILES string of the molecule is CC(C)(C)OC(=O)Cc1c(OC(F)(F)F)ccc(Br)c1Cl. The van der Waals surface area contributed by atoms with Crippen molar-refractivity contribution in [3.05, 3.63) is 27.2 Å². The molecule has 0 fully saturated rings. The number of ether oxygens (including phenoxy) is 2. The summed E-state index contributed by atoms with van der Waals surface area (Å²) in [5.41, 5.74) is -0.835. The van der Waals surface area contributed by atoms with E-state index in [4.69, 9.17) is 16.3 Å². The Kier molecular flexibility index (Phi) is 5.55. The van der Waals surface area contributed by atoms with E-state index in [0.29, 0.717) is 4.47 Å². The molecule has 0 aliphatic carbocycles. The van der Waals surface area contributed by atoms with Gasteiger partial charge in [0.2, 0.25) is 0 Å². The van der Waals surface area contributed by atoms with Crippen molar-refractivity contribution in [3.63, 3.8) is 0 Å². The zero-order chi connectivity index (χ0) is 16.4. The number of esters is 1. The van der Waals surface area contributed by atoms with Gasteiger partial charge in [-0.25, -0.2) is 0 Å². The van der Waals surface area contributed by atoms with Gasteiger partial charge in [-0.3, -0.25) is 4.79 Å². The monoisotopic (exact) mass is 388 g/mol. The van der Waals surface area contributed by atoms with Gasteiger partial charge in [0.05, 0.1) is 11.4 Å². The number of halogens is 5. The molecule has 0 saturated heterocycles. The van der Waals surface area contributed by atoms with Gasteiger partial charge < -0.3 is 9.47 Å². The van der Waals surface area contributed by atoms with E-state index < -0.39 is 30.1 Å². The maximum atomic E-state index is 12.4. The Morgan fingerprint density at radius 3 is 2.33 bits per heavy atom. The molecule has 0 radical (unpaired) electrons. The Labute approximate surface area is 133 Å². The van der Waals surface area contributed by atoms with Crippen LogP contribution in [0.3, 0.4) is 0 Å². The zero-order valence-electron chi connectivity index (χ0n) is 11.5. The predicted molar refractivity (Wildman–Crippen MR) is 75.4 cm³/mol. The zero-order valence-corrected chi connectivity index (χ0v) is 13.8. The molecule has 0 bridgehead atoms. The third-order valence-corrected chi connectivity index (χ3v) is 3.44. The van der Waals surface area contributed by atoms with E-state index in [2.05, 4.69) is 20.7 Å². The third-order valence-electron chi connectivity index (χ3n) is 2.12. The number of benzene rings is 1. The van der Waals surface area contributed by atoms with Crippen molar-refractivity contribution < 1.29 is 27.4 Å². The smallest absolute Gasteiger partial charge is 0.460 e. The Morgan fingerprint density at radius 2 is 1.86 bits per heavy atom. The fourth-order valence-corrected chi connectivity index (χ4v) is 2.08. The minimum absolute atomic E-state index is 0.0254. The van der Waals surface area contributed by atoms with E-state index in [1.54, 1.807) is 20.8 Å². The number of alkyl halides is 3. The number of hydrogen-bond acceptors (Lipinski definition) is 3. The second-order valence-electron chi connectivity index (χ2n) is 5.15. The van der Waals surface area contributed by atoms with Crippen LogP contribution in [-0.2, 0) is 16.0 Å². The van der Waals surface area contributed by atoms with Gasteiger partial charge in [-0.1, -0.05) is 11.6 Å². The second-order valence-corrected chi connectivity index (χ2v) is 6.38. The maximum Gasteiger partial charge on any atom is 0.573 e. The van der Waals surface area contributed by atoms with Crippen LogP contribution in [0.1, 0.15) is 26.3 Å². The average Bonchev–Trinajstić information content (AvgIpc) is 2.24. The Bertz CT molecular complexity index is 539. The first kappa shape index (κ1) is 18.1. The van der Waals surface area contributed by atoms with Crippen molar-refractivity contribution in [2.24, 2.45) is 0 Å². The molecule has 8 heteroatoms. The summed E-state index contributed by atoms with van der Waals surface area (Å²) >= 11 is 9.03. The fraction of sp³-hybridized carbons (Fsp3) is 0.462. The molecule has 0 aromatic heterocycles. The van der Waals surface area contributed by atoms with E-state index in [1.165, 1.54) is 6.07 Å². The highest BCUT2D eigenvalue weighted by molar-refractivity contribution is 9.10. The first-order chi connectivity index (χ1) is 9.39. The standard InChI is InChI=1S/C13H13BrClF3O3/c1-12(2,3)21-10(19)6-7-9(20-13(16,17)18)5-4-8(14)11(7)15/h4-5H,6H2,1-3H3.